The number of hydrogen-bond donors (Lipinski definition) is 2. The van der Waals surface area contributed by atoms with Gasteiger partial charge in [-0.2, -0.15) is 5.10 Å². The fourth-order valence-corrected chi connectivity index (χ4v) is 3.64. The summed E-state index contributed by atoms with van der Waals surface area (Å²) in [6.07, 6.45) is 6.94. The minimum atomic E-state index is 0.636. The van der Waals surface area contributed by atoms with Gasteiger partial charge < -0.3 is 4.98 Å². The summed E-state index contributed by atoms with van der Waals surface area (Å²) >= 11 is 6.33. The van der Waals surface area contributed by atoms with E-state index < -0.39 is 0 Å². The Hall–Kier alpha value is -1.33. The molecule has 2 aliphatic rings. The van der Waals surface area contributed by atoms with Gasteiger partial charge in [0.15, 0.2) is 5.15 Å². The number of rotatable bonds is 6. The first kappa shape index (κ1) is 15.2. The van der Waals surface area contributed by atoms with Crippen LogP contribution in [0.1, 0.15) is 67.0 Å². The molecule has 2 aromatic heterocycles. The van der Waals surface area contributed by atoms with E-state index in [2.05, 4.69) is 32.0 Å². The second-order valence-electron chi connectivity index (χ2n) is 6.86. The highest BCUT2D eigenvalue weighted by Gasteiger charge is 2.32. The van der Waals surface area contributed by atoms with Crippen molar-refractivity contribution in [2.75, 3.05) is 6.54 Å². The number of halogens is 1. The molecule has 3 heterocycles. The summed E-state index contributed by atoms with van der Waals surface area (Å²) in [7, 11) is 0. The van der Waals surface area contributed by atoms with E-state index in [-0.39, 0.29) is 0 Å². The van der Waals surface area contributed by atoms with Gasteiger partial charge in [-0.3, -0.25) is 10.00 Å². The lowest BCUT2D eigenvalue weighted by Crippen LogP contribution is -2.30. The minimum absolute atomic E-state index is 0.636. The van der Waals surface area contributed by atoms with Crippen molar-refractivity contribution in [1.82, 2.24) is 25.1 Å². The number of nitrogens with one attached hydrogen (secondary N) is 2. The zero-order valence-electron chi connectivity index (χ0n) is 13.7. The Bertz CT molecular complexity index is 685. The number of unbranched alkanes of at least 4 members (excludes halogenated alkanes) is 1. The third-order valence-electron chi connectivity index (χ3n) is 4.93. The molecular weight excluding hydrogens is 310 g/mol. The van der Waals surface area contributed by atoms with E-state index >= 15 is 0 Å². The smallest absolute Gasteiger partial charge is 0.151 e. The predicted octanol–water partition coefficient (Wildman–Crippen LogP) is 3.56. The SMILES string of the molecule is CCCCc1nc(Cl)c(CN2CCc3[nH]nc(C4CC4)c3C2)[nH]1. The van der Waals surface area contributed by atoms with Gasteiger partial charge in [0.2, 0.25) is 0 Å². The van der Waals surface area contributed by atoms with Gasteiger partial charge in [0.25, 0.3) is 0 Å². The van der Waals surface area contributed by atoms with Crippen LogP contribution in [-0.4, -0.2) is 31.6 Å². The average Bonchev–Trinajstić information content (AvgIpc) is 3.22. The second-order valence-corrected chi connectivity index (χ2v) is 7.22. The number of H-pyrrole nitrogens is 2. The van der Waals surface area contributed by atoms with Gasteiger partial charge in [-0.1, -0.05) is 24.9 Å². The molecule has 0 radical (unpaired) electrons. The van der Waals surface area contributed by atoms with Gasteiger partial charge in [0, 0.05) is 49.7 Å². The molecule has 124 valence electrons. The largest absolute Gasteiger partial charge is 0.344 e. The molecule has 0 unspecified atom stereocenters. The molecular formula is C17H24ClN5. The van der Waals surface area contributed by atoms with Crippen molar-refractivity contribution in [3.8, 4) is 0 Å². The summed E-state index contributed by atoms with van der Waals surface area (Å²) in [5.74, 6) is 1.72. The van der Waals surface area contributed by atoms with Crippen LogP contribution in [0.3, 0.4) is 0 Å². The van der Waals surface area contributed by atoms with Crippen molar-refractivity contribution in [2.45, 2.75) is 64.5 Å². The Morgan fingerprint density at radius 2 is 2.22 bits per heavy atom. The lowest BCUT2D eigenvalue weighted by atomic mass is 10.0. The molecule has 1 fully saturated rings. The molecule has 0 amide bonds. The molecule has 2 aromatic rings. The van der Waals surface area contributed by atoms with Crippen molar-refractivity contribution >= 4 is 11.6 Å². The van der Waals surface area contributed by atoms with Gasteiger partial charge in [-0.25, -0.2) is 4.98 Å². The van der Waals surface area contributed by atoms with Gasteiger partial charge in [0.1, 0.15) is 5.82 Å². The monoisotopic (exact) mass is 333 g/mol. The Morgan fingerprint density at radius 1 is 1.35 bits per heavy atom. The number of hydrogen-bond acceptors (Lipinski definition) is 3. The number of nitrogens with zero attached hydrogens (tertiary/aromatic N) is 3. The second kappa shape index (κ2) is 6.29. The van der Waals surface area contributed by atoms with Crippen LogP contribution >= 0.6 is 11.6 Å². The first-order chi connectivity index (χ1) is 11.2. The topological polar surface area (TPSA) is 60.6 Å². The Labute approximate surface area is 141 Å². The van der Waals surface area contributed by atoms with E-state index in [9.17, 15) is 0 Å². The van der Waals surface area contributed by atoms with E-state index in [0.29, 0.717) is 11.1 Å². The minimum Gasteiger partial charge on any atom is -0.344 e. The third kappa shape index (κ3) is 3.17. The molecule has 4 rings (SSSR count). The van der Waals surface area contributed by atoms with E-state index in [1.807, 2.05) is 0 Å². The van der Waals surface area contributed by atoms with E-state index in [1.165, 1.54) is 36.2 Å². The average molecular weight is 334 g/mol. The molecule has 2 N–H and O–H groups in total. The standard InChI is InChI=1S/C17H24ClN5/c1-2-3-4-15-19-14(17(18)20-15)10-23-8-7-13-12(9-23)16(22-21-13)11-5-6-11/h11H,2-10H2,1H3,(H,19,20)(H,21,22). The Balaban J connectivity index is 1.45. The maximum absolute atomic E-state index is 6.33. The van der Waals surface area contributed by atoms with Gasteiger partial charge >= 0.3 is 0 Å². The van der Waals surface area contributed by atoms with Crippen LogP contribution in [0, 0.1) is 0 Å². The van der Waals surface area contributed by atoms with Crippen molar-refractivity contribution in [3.63, 3.8) is 0 Å². The number of imidazole rings is 1. The molecule has 1 aliphatic heterocycles. The van der Waals surface area contributed by atoms with Crippen molar-refractivity contribution in [1.29, 1.82) is 0 Å². The van der Waals surface area contributed by atoms with Crippen LogP contribution in [0.5, 0.6) is 0 Å². The molecule has 0 aromatic carbocycles. The maximum Gasteiger partial charge on any atom is 0.151 e. The molecule has 5 nitrogen and oxygen atoms in total. The summed E-state index contributed by atoms with van der Waals surface area (Å²) in [5, 5.41) is 8.44. The zero-order chi connectivity index (χ0) is 15.8. The number of aromatic amines is 2. The number of aromatic nitrogens is 4. The van der Waals surface area contributed by atoms with Gasteiger partial charge in [0.05, 0.1) is 11.4 Å². The summed E-state index contributed by atoms with van der Waals surface area (Å²) in [5.41, 5.74) is 5.13. The highest BCUT2D eigenvalue weighted by Crippen LogP contribution is 2.42. The number of fused-ring (bicyclic) bond motifs is 1. The van der Waals surface area contributed by atoms with E-state index in [1.54, 1.807) is 0 Å². The van der Waals surface area contributed by atoms with Crippen LogP contribution < -0.4 is 0 Å². The summed E-state index contributed by atoms with van der Waals surface area (Å²) in [6.45, 7) is 5.04. The Morgan fingerprint density at radius 3 is 3.00 bits per heavy atom. The maximum atomic E-state index is 6.33. The molecule has 0 saturated heterocycles. The first-order valence-electron chi connectivity index (χ1n) is 8.76. The Kier molecular flexibility index (Phi) is 4.16. The molecule has 1 aliphatic carbocycles. The molecule has 0 atom stereocenters. The first-order valence-corrected chi connectivity index (χ1v) is 9.14. The van der Waals surface area contributed by atoms with Crippen LogP contribution in [0.2, 0.25) is 5.15 Å². The molecule has 6 heteroatoms. The van der Waals surface area contributed by atoms with Gasteiger partial charge in [-0.05, 0) is 19.3 Å². The van der Waals surface area contributed by atoms with Crippen LogP contribution in [0.4, 0.5) is 0 Å². The van der Waals surface area contributed by atoms with Crippen molar-refractivity contribution < 1.29 is 0 Å². The van der Waals surface area contributed by atoms with Crippen LogP contribution in [0.15, 0.2) is 0 Å². The quantitative estimate of drug-likeness (QED) is 0.849. The van der Waals surface area contributed by atoms with E-state index in [4.69, 9.17) is 11.6 Å². The molecule has 0 bridgehead atoms. The zero-order valence-corrected chi connectivity index (χ0v) is 14.4. The highest BCUT2D eigenvalue weighted by atomic mass is 35.5. The molecule has 0 spiro atoms. The summed E-state index contributed by atoms with van der Waals surface area (Å²) in [6, 6.07) is 0. The summed E-state index contributed by atoms with van der Waals surface area (Å²) in [4.78, 5) is 10.3. The fraction of sp³-hybridized carbons (Fsp3) is 0.647. The molecule has 1 saturated carbocycles. The van der Waals surface area contributed by atoms with E-state index in [0.717, 1.165) is 50.4 Å². The number of aryl methyl sites for hydroxylation is 1. The molecule has 23 heavy (non-hydrogen) atoms. The van der Waals surface area contributed by atoms with Gasteiger partial charge in [-0.15, -0.1) is 0 Å². The normalized spacial score (nSPS) is 18.3. The van der Waals surface area contributed by atoms with Crippen molar-refractivity contribution in [2.24, 2.45) is 0 Å². The predicted molar refractivity (Wildman–Crippen MR) is 90.6 cm³/mol. The van der Waals surface area contributed by atoms with Crippen LogP contribution in [0.25, 0.3) is 0 Å². The van der Waals surface area contributed by atoms with Crippen LogP contribution in [-0.2, 0) is 25.9 Å². The summed E-state index contributed by atoms with van der Waals surface area (Å²) < 4.78 is 0. The lowest BCUT2D eigenvalue weighted by Gasteiger charge is -2.26. The van der Waals surface area contributed by atoms with Crippen molar-refractivity contribution in [3.05, 3.63) is 33.6 Å². The fourth-order valence-electron chi connectivity index (χ4n) is 3.43. The third-order valence-corrected chi connectivity index (χ3v) is 5.25. The lowest BCUT2D eigenvalue weighted by molar-refractivity contribution is 0.241. The highest BCUT2D eigenvalue weighted by molar-refractivity contribution is 6.30.